The molecule has 150 valence electrons. The van der Waals surface area contributed by atoms with Gasteiger partial charge in [0.15, 0.2) is 0 Å². The number of halogens is 2. The first-order chi connectivity index (χ1) is 13.3. The van der Waals surface area contributed by atoms with Crippen molar-refractivity contribution in [3.8, 4) is 0 Å². The summed E-state index contributed by atoms with van der Waals surface area (Å²) in [5, 5.41) is 10.2. The third-order valence-electron chi connectivity index (χ3n) is 4.87. The summed E-state index contributed by atoms with van der Waals surface area (Å²) in [4.78, 5) is 26.5. The fourth-order valence-corrected chi connectivity index (χ4v) is 3.44. The lowest BCUT2D eigenvalue weighted by molar-refractivity contribution is -0.134. The molecule has 1 atom stereocenters. The topological polar surface area (TPSA) is 79.3 Å². The molecule has 3 rings (SSSR count). The maximum Gasteiger partial charge on any atom is 0.237 e. The second kappa shape index (κ2) is 8.70. The SMILES string of the molecule is Cc1cc(CNC(=O)CC2C(=O)NCCN2Cc2c(F)cccc2Cl)nn1C. The number of nitrogens with one attached hydrogen (secondary N) is 2. The number of carbonyl (C=O) groups is 2. The van der Waals surface area contributed by atoms with Crippen molar-refractivity contribution in [3.63, 3.8) is 0 Å². The predicted octanol–water partition coefficient (Wildman–Crippen LogP) is 1.53. The molecule has 2 N–H and O–H groups in total. The second-order valence-electron chi connectivity index (χ2n) is 6.86. The molecule has 0 bridgehead atoms. The molecular weight excluding hydrogens is 385 g/mol. The van der Waals surface area contributed by atoms with Crippen molar-refractivity contribution in [1.29, 1.82) is 0 Å². The van der Waals surface area contributed by atoms with Crippen LogP contribution >= 0.6 is 11.6 Å². The summed E-state index contributed by atoms with van der Waals surface area (Å²) >= 11 is 6.12. The van der Waals surface area contributed by atoms with Crippen LogP contribution in [0.25, 0.3) is 0 Å². The van der Waals surface area contributed by atoms with E-state index in [1.165, 1.54) is 12.1 Å². The van der Waals surface area contributed by atoms with Gasteiger partial charge in [-0.05, 0) is 25.1 Å². The summed E-state index contributed by atoms with van der Waals surface area (Å²) in [5.74, 6) is -0.940. The van der Waals surface area contributed by atoms with Gasteiger partial charge in [0.2, 0.25) is 11.8 Å². The van der Waals surface area contributed by atoms with Gasteiger partial charge in [-0.2, -0.15) is 5.10 Å². The highest BCUT2D eigenvalue weighted by Crippen LogP contribution is 2.23. The summed E-state index contributed by atoms with van der Waals surface area (Å²) < 4.78 is 15.9. The molecule has 7 nitrogen and oxygen atoms in total. The van der Waals surface area contributed by atoms with E-state index in [1.807, 2.05) is 20.0 Å². The molecule has 28 heavy (non-hydrogen) atoms. The third kappa shape index (κ3) is 4.69. The molecule has 2 amide bonds. The van der Waals surface area contributed by atoms with Gasteiger partial charge in [-0.15, -0.1) is 0 Å². The van der Waals surface area contributed by atoms with E-state index in [9.17, 15) is 14.0 Å². The first-order valence-electron chi connectivity index (χ1n) is 9.06. The zero-order valence-corrected chi connectivity index (χ0v) is 16.6. The lowest BCUT2D eigenvalue weighted by Crippen LogP contribution is -2.56. The largest absolute Gasteiger partial charge is 0.353 e. The number of amides is 2. The van der Waals surface area contributed by atoms with Gasteiger partial charge in [-0.1, -0.05) is 17.7 Å². The Morgan fingerprint density at radius 3 is 2.93 bits per heavy atom. The van der Waals surface area contributed by atoms with Gasteiger partial charge >= 0.3 is 0 Å². The van der Waals surface area contributed by atoms with Gasteiger partial charge in [0.25, 0.3) is 0 Å². The number of benzene rings is 1. The minimum Gasteiger partial charge on any atom is -0.353 e. The van der Waals surface area contributed by atoms with Crippen molar-refractivity contribution in [2.45, 2.75) is 32.5 Å². The minimum atomic E-state index is -0.685. The number of aromatic nitrogens is 2. The summed E-state index contributed by atoms with van der Waals surface area (Å²) in [6, 6.07) is 5.69. The maximum atomic E-state index is 14.1. The van der Waals surface area contributed by atoms with Crippen LogP contribution in [0.2, 0.25) is 5.02 Å². The Balaban J connectivity index is 1.65. The van der Waals surface area contributed by atoms with Gasteiger partial charge < -0.3 is 10.6 Å². The predicted molar refractivity (Wildman–Crippen MR) is 103 cm³/mol. The van der Waals surface area contributed by atoms with Crippen molar-refractivity contribution in [1.82, 2.24) is 25.3 Å². The van der Waals surface area contributed by atoms with Crippen molar-refractivity contribution in [3.05, 3.63) is 52.1 Å². The Kier molecular flexibility index (Phi) is 6.31. The Morgan fingerprint density at radius 1 is 1.46 bits per heavy atom. The smallest absolute Gasteiger partial charge is 0.237 e. The standard InChI is InChI=1S/C19H23ClFN5O2/c1-12-8-13(24-25(12)2)10-23-18(27)9-17-19(28)22-6-7-26(17)11-14-15(20)4-3-5-16(14)21/h3-5,8,17H,6-7,9-11H2,1-2H3,(H,22,28)(H,23,27). The summed E-state index contributed by atoms with van der Waals surface area (Å²) in [6.07, 6.45) is -0.0241. The quantitative estimate of drug-likeness (QED) is 0.761. The van der Waals surface area contributed by atoms with Crippen LogP contribution < -0.4 is 10.6 Å². The number of aryl methyl sites for hydroxylation is 2. The molecule has 0 saturated carbocycles. The van der Waals surface area contributed by atoms with E-state index in [-0.39, 0.29) is 31.3 Å². The van der Waals surface area contributed by atoms with Gasteiger partial charge in [-0.25, -0.2) is 4.39 Å². The van der Waals surface area contributed by atoms with Crippen LogP contribution in [-0.2, 0) is 29.7 Å². The molecule has 1 aliphatic heterocycles. The van der Waals surface area contributed by atoms with Crippen molar-refractivity contribution >= 4 is 23.4 Å². The zero-order valence-electron chi connectivity index (χ0n) is 15.8. The van der Waals surface area contributed by atoms with E-state index >= 15 is 0 Å². The van der Waals surface area contributed by atoms with Crippen LogP contribution in [0.1, 0.15) is 23.4 Å². The van der Waals surface area contributed by atoms with Gasteiger partial charge in [0.1, 0.15) is 5.82 Å². The average molecular weight is 408 g/mol. The monoisotopic (exact) mass is 407 g/mol. The fourth-order valence-electron chi connectivity index (χ4n) is 3.22. The molecule has 1 aromatic carbocycles. The molecule has 9 heteroatoms. The average Bonchev–Trinajstić information content (AvgIpc) is 2.97. The molecule has 0 spiro atoms. The Morgan fingerprint density at radius 2 is 2.25 bits per heavy atom. The van der Waals surface area contributed by atoms with Crippen LogP contribution in [0, 0.1) is 12.7 Å². The van der Waals surface area contributed by atoms with Crippen LogP contribution in [0.4, 0.5) is 4.39 Å². The van der Waals surface area contributed by atoms with E-state index in [4.69, 9.17) is 11.6 Å². The maximum absolute atomic E-state index is 14.1. The lowest BCUT2D eigenvalue weighted by atomic mass is 10.1. The van der Waals surface area contributed by atoms with Crippen LogP contribution in [-0.4, -0.2) is 45.6 Å². The third-order valence-corrected chi connectivity index (χ3v) is 5.23. The van der Waals surface area contributed by atoms with Crippen LogP contribution in [0.15, 0.2) is 24.3 Å². The highest BCUT2D eigenvalue weighted by Gasteiger charge is 2.32. The van der Waals surface area contributed by atoms with E-state index in [0.717, 1.165) is 11.4 Å². The second-order valence-corrected chi connectivity index (χ2v) is 7.27. The van der Waals surface area contributed by atoms with Gasteiger partial charge in [-0.3, -0.25) is 19.2 Å². The number of hydrogen-bond acceptors (Lipinski definition) is 4. The van der Waals surface area contributed by atoms with Crippen LogP contribution in [0.3, 0.4) is 0 Å². The molecule has 1 aromatic heterocycles. The molecule has 1 unspecified atom stereocenters. The zero-order chi connectivity index (χ0) is 20.3. The molecule has 1 fully saturated rings. The Bertz CT molecular complexity index is 845. The normalized spacial score (nSPS) is 17.4. The molecule has 0 radical (unpaired) electrons. The highest BCUT2D eigenvalue weighted by molar-refractivity contribution is 6.31. The lowest BCUT2D eigenvalue weighted by Gasteiger charge is -2.34. The van der Waals surface area contributed by atoms with E-state index in [0.29, 0.717) is 23.7 Å². The van der Waals surface area contributed by atoms with Gasteiger partial charge in [0, 0.05) is 43.0 Å². The van der Waals surface area contributed by atoms with E-state index in [1.54, 1.807) is 15.6 Å². The van der Waals surface area contributed by atoms with E-state index in [2.05, 4.69) is 15.7 Å². The Hall–Kier alpha value is -2.45. The number of rotatable bonds is 6. The first kappa shape index (κ1) is 20.3. The fraction of sp³-hybridized carbons (Fsp3) is 0.421. The molecule has 2 heterocycles. The molecular formula is C19H23ClFN5O2. The molecule has 1 aliphatic rings. The Labute approximate surface area is 167 Å². The summed E-state index contributed by atoms with van der Waals surface area (Å²) in [6.45, 7) is 3.32. The van der Waals surface area contributed by atoms with Crippen LogP contribution in [0.5, 0.6) is 0 Å². The number of hydrogen-bond donors (Lipinski definition) is 2. The van der Waals surface area contributed by atoms with E-state index < -0.39 is 11.9 Å². The molecule has 2 aromatic rings. The first-order valence-corrected chi connectivity index (χ1v) is 9.44. The van der Waals surface area contributed by atoms with Gasteiger partial charge in [0.05, 0.1) is 24.7 Å². The molecule has 1 saturated heterocycles. The van der Waals surface area contributed by atoms with Crippen molar-refractivity contribution in [2.24, 2.45) is 7.05 Å². The number of nitrogens with zero attached hydrogens (tertiary/aromatic N) is 3. The summed E-state index contributed by atoms with van der Waals surface area (Å²) in [7, 11) is 1.83. The highest BCUT2D eigenvalue weighted by atomic mass is 35.5. The van der Waals surface area contributed by atoms with Crippen molar-refractivity contribution < 1.29 is 14.0 Å². The van der Waals surface area contributed by atoms with Crippen molar-refractivity contribution in [2.75, 3.05) is 13.1 Å². The molecule has 0 aliphatic carbocycles. The summed E-state index contributed by atoms with van der Waals surface area (Å²) in [5.41, 5.74) is 2.06. The number of carbonyl (C=O) groups excluding carboxylic acids is 2. The minimum absolute atomic E-state index is 0.0241. The number of piperazine rings is 1.